The van der Waals surface area contributed by atoms with Gasteiger partial charge in [0.2, 0.25) is 0 Å². The minimum Gasteiger partial charge on any atom is -0.506 e. The van der Waals surface area contributed by atoms with E-state index in [9.17, 15) is 17.9 Å². The van der Waals surface area contributed by atoms with Crippen LogP contribution in [0.5, 0.6) is 5.75 Å². The zero-order valence-electron chi connectivity index (χ0n) is 9.31. The van der Waals surface area contributed by atoms with Gasteiger partial charge in [0.25, 0.3) is 0 Å². The topological polar surface area (TPSA) is 109 Å². The van der Waals surface area contributed by atoms with Crippen LogP contribution < -0.4 is 5.73 Å². The normalized spacial score (nSPS) is 11.7. The number of hydrogen-bond acceptors (Lipinski definition) is 5. The lowest BCUT2D eigenvalue weighted by Gasteiger charge is -2.08. The summed E-state index contributed by atoms with van der Waals surface area (Å²) in [5.41, 5.74) is 5.73. The monoisotopic (exact) mass is 271 g/mol. The Morgan fingerprint density at radius 3 is 2.56 bits per heavy atom. The summed E-state index contributed by atoms with van der Waals surface area (Å²) >= 11 is 0. The number of sulfone groups is 1. The molecule has 0 unspecified atom stereocenters. The van der Waals surface area contributed by atoms with Crippen molar-refractivity contribution in [3.63, 3.8) is 0 Å². The molecule has 0 amide bonds. The van der Waals surface area contributed by atoms with E-state index in [1.807, 2.05) is 0 Å². The van der Waals surface area contributed by atoms with E-state index in [1.165, 1.54) is 12.3 Å². The van der Waals surface area contributed by atoms with Gasteiger partial charge in [-0.05, 0) is 12.1 Å². The van der Waals surface area contributed by atoms with Crippen LogP contribution in [-0.4, -0.2) is 30.0 Å². The minimum atomic E-state index is -3.89. The maximum Gasteiger partial charge on any atom is 0.182 e. The quantitative estimate of drug-likeness (QED) is 0.752. The average Bonchev–Trinajstić information content (AvgIpc) is 2.62. The molecule has 0 aliphatic carbocycles. The van der Waals surface area contributed by atoms with Gasteiger partial charge in [-0.3, -0.25) is 5.10 Å². The average molecular weight is 271 g/mol. The zero-order valence-corrected chi connectivity index (χ0v) is 10.1. The van der Waals surface area contributed by atoms with Gasteiger partial charge in [-0.1, -0.05) is 0 Å². The number of aromatic hydroxyl groups is 1. The highest BCUT2D eigenvalue weighted by atomic mass is 32.2. The number of nitrogens with zero attached hydrogens (tertiary/aromatic N) is 1. The van der Waals surface area contributed by atoms with E-state index in [2.05, 4.69) is 10.2 Å². The lowest BCUT2D eigenvalue weighted by molar-refractivity contribution is 0.445. The van der Waals surface area contributed by atoms with E-state index in [0.717, 1.165) is 12.3 Å². The highest BCUT2D eigenvalue weighted by Crippen LogP contribution is 2.34. The van der Waals surface area contributed by atoms with Crippen molar-refractivity contribution in [3.8, 4) is 16.9 Å². The molecule has 0 saturated heterocycles. The van der Waals surface area contributed by atoms with Gasteiger partial charge >= 0.3 is 0 Å². The van der Waals surface area contributed by atoms with Crippen LogP contribution in [0.1, 0.15) is 0 Å². The summed E-state index contributed by atoms with van der Waals surface area (Å²) in [7, 11) is -3.89. The van der Waals surface area contributed by atoms with E-state index in [0.29, 0.717) is 0 Å². The number of rotatable bonds is 2. The van der Waals surface area contributed by atoms with Crippen LogP contribution in [0.4, 0.5) is 10.2 Å². The Labute approximate surface area is 102 Å². The van der Waals surface area contributed by atoms with E-state index < -0.39 is 26.3 Å². The van der Waals surface area contributed by atoms with Crippen molar-refractivity contribution in [2.24, 2.45) is 0 Å². The number of phenolic OH excluding ortho intramolecular Hbond substituents is 1. The maximum atomic E-state index is 14.1. The number of nitrogens with one attached hydrogen (secondary N) is 1. The van der Waals surface area contributed by atoms with E-state index in [-0.39, 0.29) is 16.9 Å². The molecule has 0 spiro atoms. The fourth-order valence-electron chi connectivity index (χ4n) is 1.62. The molecule has 18 heavy (non-hydrogen) atoms. The summed E-state index contributed by atoms with van der Waals surface area (Å²) in [5.74, 6) is -1.58. The second-order valence-corrected chi connectivity index (χ2v) is 5.70. The first kappa shape index (κ1) is 12.4. The van der Waals surface area contributed by atoms with Crippen LogP contribution in [0.25, 0.3) is 11.1 Å². The Morgan fingerprint density at radius 1 is 1.39 bits per heavy atom. The fourth-order valence-corrected chi connectivity index (χ4v) is 2.50. The molecule has 8 heteroatoms. The summed E-state index contributed by atoms with van der Waals surface area (Å²) in [5, 5.41) is 15.5. The smallest absolute Gasteiger partial charge is 0.182 e. The van der Waals surface area contributed by atoms with Crippen molar-refractivity contribution in [3.05, 3.63) is 24.1 Å². The van der Waals surface area contributed by atoms with Crippen molar-refractivity contribution in [1.82, 2.24) is 10.2 Å². The SMILES string of the molecule is CS(=O)(=O)c1c(O)ccc(-c2cn[nH]c2N)c1F. The van der Waals surface area contributed by atoms with Gasteiger partial charge in [-0.15, -0.1) is 0 Å². The number of H-pyrrole nitrogens is 1. The van der Waals surface area contributed by atoms with Crippen molar-refractivity contribution < 1.29 is 17.9 Å². The van der Waals surface area contributed by atoms with Crippen LogP contribution >= 0.6 is 0 Å². The third-order valence-corrected chi connectivity index (χ3v) is 3.54. The number of nitrogen functional groups attached to an aromatic ring is 1. The highest BCUT2D eigenvalue weighted by Gasteiger charge is 2.23. The molecule has 6 nitrogen and oxygen atoms in total. The Kier molecular flexibility index (Phi) is 2.74. The Hall–Kier alpha value is -2.09. The second-order valence-electron chi connectivity index (χ2n) is 3.74. The van der Waals surface area contributed by atoms with Gasteiger partial charge in [0.05, 0.1) is 6.20 Å². The van der Waals surface area contributed by atoms with Crippen molar-refractivity contribution in [2.75, 3.05) is 12.0 Å². The Balaban J connectivity index is 2.78. The summed E-state index contributed by atoms with van der Waals surface area (Å²) in [4.78, 5) is -0.749. The van der Waals surface area contributed by atoms with Crippen LogP contribution in [0.15, 0.2) is 23.2 Å². The summed E-state index contributed by atoms with van der Waals surface area (Å²) in [6.45, 7) is 0. The number of benzene rings is 1. The molecule has 0 saturated carbocycles. The number of aromatic nitrogens is 2. The molecular weight excluding hydrogens is 261 g/mol. The van der Waals surface area contributed by atoms with Gasteiger partial charge in [0.15, 0.2) is 15.7 Å². The Bertz CT molecular complexity index is 709. The van der Waals surface area contributed by atoms with Gasteiger partial charge in [-0.25, -0.2) is 12.8 Å². The molecule has 1 heterocycles. The molecule has 0 aliphatic rings. The van der Waals surface area contributed by atoms with Crippen LogP contribution in [0.2, 0.25) is 0 Å². The molecule has 2 aromatic rings. The standard InChI is InChI=1S/C10H10FN3O3S/c1-18(16,17)9-7(15)3-2-5(8(9)11)6-4-13-14-10(6)12/h2-4,15H,1H3,(H3,12,13,14). The lowest BCUT2D eigenvalue weighted by Crippen LogP contribution is -2.03. The van der Waals surface area contributed by atoms with E-state index in [4.69, 9.17) is 5.73 Å². The van der Waals surface area contributed by atoms with Gasteiger partial charge in [0, 0.05) is 17.4 Å². The molecule has 96 valence electrons. The van der Waals surface area contributed by atoms with E-state index >= 15 is 0 Å². The summed E-state index contributed by atoms with van der Waals surface area (Å²) < 4.78 is 37.0. The third-order valence-electron chi connectivity index (χ3n) is 2.41. The lowest BCUT2D eigenvalue weighted by atomic mass is 10.1. The number of nitrogens with two attached hydrogens (primary N) is 1. The van der Waals surface area contributed by atoms with Gasteiger partial charge in [-0.2, -0.15) is 5.10 Å². The van der Waals surface area contributed by atoms with Crippen LogP contribution in [0, 0.1) is 5.82 Å². The predicted molar refractivity (Wildman–Crippen MR) is 63.2 cm³/mol. The number of halogens is 1. The second kappa shape index (κ2) is 3.98. The highest BCUT2D eigenvalue weighted by molar-refractivity contribution is 7.90. The maximum absolute atomic E-state index is 14.1. The first-order valence-electron chi connectivity index (χ1n) is 4.83. The van der Waals surface area contributed by atoms with Crippen molar-refractivity contribution in [1.29, 1.82) is 0 Å². The molecule has 0 fully saturated rings. The third kappa shape index (κ3) is 1.90. The molecule has 0 bridgehead atoms. The largest absolute Gasteiger partial charge is 0.506 e. The molecule has 2 rings (SSSR count). The molecule has 1 aromatic heterocycles. The van der Waals surface area contributed by atoms with Crippen molar-refractivity contribution in [2.45, 2.75) is 4.90 Å². The van der Waals surface area contributed by atoms with Crippen molar-refractivity contribution >= 4 is 15.7 Å². The summed E-state index contributed by atoms with van der Waals surface area (Å²) in [6, 6.07) is 2.34. The molecule has 1 aromatic carbocycles. The number of aromatic amines is 1. The van der Waals surface area contributed by atoms with Gasteiger partial charge < -0.3 is 10.8 Å². The predicted octanol–water partition coefficient (Wildman–Crippen LogP) is 0.907. The minimum absolute atomic E-state index is 0.0422. The molecule has 0 radical (unpaired) electrons. The molecular formula is C10H10FN3O3S. The Morgan fingerprint density at radius 2 is 2.06 bits per heavy atom. The molecule has 0 atom stereocenters. The first-order chi connectivity index (χ1) is 8.32. The first-order valence-corrected chi connectivity index (χ1v) is 6.72. The van der Waals surface area contributed by atoms with Crippen LogP contribution in [-0.2, 0) is 9.84 Å². The summed E-state index contributed by atoms with van der Waals surface area (Å²) in [6.07, 6.45) is 2.09. The van der Waals surface area contributed by atoms with E-state index in [1.54, 1.807) is 0 Å². The molecule has 4 N–H and O–H groups in total. The van der Waals surface area contributed by atoms with Crippen LogP contribution in [0.3, 0.4) is 0 Å². The number of anilines is 1. The fraction of sp³-hybridized carbons (Fsp3) is 0.100. The van der Waals surface area contributed by atoms with Gasteiger partial charge in [0.1, 0.15) is 16.5 Å². The number of phenols is 1. The zero-order chi connectivity index (χ0) is 13.5. The molecule has 0 aliphatic heterocycles. The number of hydrogen-bond donors (Lipinski definition) is 3.